The second-order valence-corrected chi connectivity index (χ2v) is 8.31. The first-order valence-electron chi connectivity index (χ1n) is 10.1. The maximum absolute atomic E-state index is 6.13. The normalized spacial score (nSPS) is 15.5. The molecular weight excluding hydrogens is 532 g/mol. The van der Waals surface area contributed by atoms with Crippen LogP contribution in [0.5, 0.6) is 0 Å². The Morgan fingerprint density at radius 3 is 2.63 bits per heavy atom. The lowest BCUT2D eigenvalue weighted by molar-refractivity contribution is 0.198. The molecule has 2 heterocycles. The van der Waals surface area contributed by atoms with E-state index in [4.69, 9.17) is 23.2 Å². The third-order valence-corrected chi connectivity index (χ3v) is 6.10. The van der Waals surface area contributed by atoms with Gasteiger partial charge < -0.3 is 10.6 Å². The zero-order valence-corrected chi connectivity index (χ0v) is 21.3. The van der Waals surface area contributed by atoms with E-state index in [1.807, 2.05) is 31.6 Å². The van der Waals surface area contributed by atoms with Crippen molar-refractivity contribution in [3.8, 4) is 0 Å². The number of guanidine groups is 1. The van der Waals surface area contributed by atoms with Gasteiger partial charge >= 0.3 is 0 Å². The van der Waals surface area contributed by atoms with Gasteiger partial charge in [0.05, 0.1) is 10.0 Å². The Morgan fingerprint density at radius 1 is 1.20 bits per heavy atom. The molecule has 1 aliphatic heterocycles. The first-order chi connectivity index (χ1) is 14.0. The highest BCUT2D eigenvalue weighted by Crippen LogP contribution is 2.24. The standard InChI is InChI=1S/C22H29Cl2N5.HI/c1-16-14-26-9-5-18(16)6-10-27-22(25-2)28-19-7-11-29(12-8-19)15-17-3-4-20(23)21(24)13-17;/h3-5,9,13-14,19H,6-8,10-12,15H2,1-2H3,(H2,25,27,28);1H. The Bertz CT molecular complexity index is 838. The highest BCUT2D eigenvalue weighted by Gasteiger charge is 2.20. The zero-order chi connectivity index (χ0) is 20.6. The van der Waals surface area contributed by atoms with Crippen molar-refractivity contribution in [3.05, 3.63) is 63.4 Å². The molecule has 5 nitrogen and oxygen atoms in total. The topological polar surface area (TPSA) is 52.6 Å². The molecule has 8 heteroatoms. The number of aromatic nitrogens is 1. The Labute approximate surface area is 206 Å². The number of rotatable bonds is 6. The molecule has 0 unspecified atom stereocenters. The van der Waals surface area contributed by atoms with Crippen LogP contribution in [0.25, 0.3) is 0 Å². The molecule has 0 atom stereocenters. The SMILES string of the molecule is CN=C(NCCc1ccncc1C)NC1CCN(Cc2ccc(Cl)c(Cl)c2)CC1.I. The van der Waals surface area contributed by atoms with Crippen LogP contribution in [-0.2, 0) is 13.0 Å². The number of hydrogen-bond donors (Lipinski definition) is 2. The van der Waals surface area contributed by atoms with Crippen LogP contribution in [0, 0.1) is 6.92 Å². The number of aliphatic imine (C=N–C) groups is 1. The van der Waals surface area contributed by atoms with E-state index >= 15 is 0 Å². The van der Waals surface area contributed by atoms with E-state index in [-0.39, 0.29) is 24.0 Å². The molecule has 1 aromatic heterocycles. The first kappa shape index (κ1) is 25.2. The van der Waals surface area contributed by atoms with Gasteiger partial charge in [0, 0.05) is 51.7 Å². The Hall–Kier alpha value is -1.09. The summed E-state index contributed by atoms with van der Waals surface area (Å²) in [7, 11) is 1.83. The van der Waals surface area contributed by atoms with Crippen LogP contribution in [0.1, 0.15) is 29.5 Å². The van der Waals surface area contributed by atoms with Crippen molar-refractivity contribution in [2.24, 2.45) is 4.99 Å². The van der Waals surface area contributed by atoms with Crippen LogP contribution in [0.15, 0.2) is 41.7 Å². The van der Waals surface area contributed by atoms with E-state index < -0.39 is 0 Å². The molecule has 164 valence electrons. The fourth-order valence-corrected chi connectivity index (χ4v) is 3.94. The number of piperidine rings is 1. The van der Waals surface area contributed by atoms with E-state index in [9.17, 15) is 0 Å². The quantitative estimate of drug-likeness (QED) is 0.305. The summed E-state index contributed by atoms with van der Waals surface area (Å²) in [5.41, 5.74) is 3.75. The summed E-state index contributed by atoms with van der Waals surface area (Å²) in [4.78, 5) is 11.0. The maximum Gasteiger partial charge on any atom is 0.191 e. The third kappa shape index (κ3) is 7.55. The molecule has 3 rings (SSSR count). The van der Waals surface area contributed by atoms with E-state index in [1.54, 1.807) is 0 Å². The van der Waals surface area contributed by atoms with Gasteiger partial charge in [0.2, 0.25) is 0 Å². The maximum atomic E-state index is 6.13. The van der Waals surface area contributed by atoms with Crippen molar-refractivity contribution >= 4 is 53.1 Å². The van der Waals surface area contributed by atoms with E-state index in [0.29, 0.717) is 16.1 Å². The Balaban J connectivity index is 0.00000320. The van der Waals surface area contributed by atoms with Crippen LogP contribution in [0.2, 0.25) is 10.0 Å². The van der Waals surface area contributed by atoms with Gasteiger partial charge in [-0.3, -0.25) is 14.9 Å². The third-order valence-electron chi connectivity index (χ3n) is 5.37. The Kier molecular flexibility index (Phi) is 10.6. The van der Waals surface area contributed by atoms with Gasteiger partial charge in [-0.15, -0.1) is 24.0 Å². The molecule has 1 aliphatic rings. The molecule has 0 spiro atoms. The number of nitrogens with one attached hydrogen (secondary N) is 2. The highest BCUT2D eigenvalue weighted by molar-refractivity contribution is 14.0. The lowest BCUT2D eigenvalue weighted by Gasteiger charge is -2.33. The van der Waals surface area contributed by atoms with Crippen LogP contribution < -0.4 is 10.6 Å². The molecule has 0 radical (unpaired) electrons. The number of hydrogen-bond acceptors (Lipinski definition) is 3. The van der Waals surface area contributed by atoms with Crippen molar-refractivity contribution in [2.75, 3.05) is 26.7 Å². The summed E-state index contributed by atoms with van der Waals surface area (Å²) < 4.78 is 0. The number of pyridine rings is 1. The van der Waals surface area contributed by atoms with Gasteiger partial charge in [-0.05, 0) is 61.1 Å². The van der Waals surface area contributed by atoms with Crippen molar-refractivity contribution in [1.82, 2.24) is 20.5 Å². The second kappa shape index (κ2) is 12.7. The van der Waals surface area contributed by atoms with E-state index in [2.05, 4.69) is 44.6 Å². The van der Waals surface area contributed by atoms with Crippen molar-refractivity contribution < 1.29 is 0 Å². The van der Waals surface area contributed by atoms with Crippen molar-refractivity contribution in [1.29, 1.82) is 0 Å². The molecule has 0 saturated carbocycles. The monoisotopic (exact) mass is 561 g/mol. The minimum atomic E-state index is 0. The van der Waals surface area contributed by atoms with Gasteiger partial charge in [0.15, 0.2) is 5.96 Å². The van der Waals surface area contributed by atoms with Gasteiger partial charge in [-0.25, -0.2) is 0 Å². The smallest absolute Gasteiger partial charge is 0.191 e. The number of likely N-dealkylation sites (tertiary alicyclic amines) is 1. The fourth-order valence-electron chi connectivity index (χ4n) is 3.62. The lowest BCUT2D eigenvalue weighted by Crippen LogP contribution is -2.48. The lowest BCUT2D eigenvalue weighted by atomic mass is 10.0. The average Bonchev–Trinajstić information content (AvgIpc) is 2.72. The van der Waals surface area contributed by atoms with Gasteiger partial charge in [-0.2, -0.15) is 0 Å². The molecule has 2 aromatic rings. The van der Waals surface area contributed by atoms with Crippen LogP contribution >= 0.6 is 47.2 Å². The van der Waals surface area contributed by atoms with E-state index in [1.165, 1.54) is 16.7 Å². The highest BCUT2D eigenvalue weighted by atomic mass is 127. The molecule has 0 amide bonds. The molecular formula is C22H30Cl2IN5. The minimum Gasteiger partial charge on any atom is -0.356 e. The first-order valence-corrected chi connectivity index (χ1v) is 10.8. The van der Waals surface area contributed by atoms with Crippen LogP contribution in [-0.4, -0.2) is 48.6 Å². The largest absolute Gasteiger partial charge is 0.356 e. The number of nitrogens with zero attached hydrogens (tertiary/aromatic N) is 3. The molecule has 0 bridgehead atoms. The summed E-state index contributed by atoms with van der Waals surface area (Å²) in [5.74, 6) is 0.875. The molecule has 1 saturated heterocycles. The zero-order valence-electron chi connectivity index (χ0n) is 17.5. The van der Waals surface area contributed by atoms with Crippen molar-refractivity contribution in [3.63, 3.8) is 0 Å². The molecule has 0 aliphatic carbocycles. The van der Waals surface area contributed by atoms with Gasteiger partial charge in [0.1, 0.15) is 0 Å². The second-order valence-electron chi connectivity index (χ2n) is 7.49. The summed E-state index contributed by atoms with van der Waals surface area (Å²) in [6.45, 7) is 5.94. The van der Waals surface area contributed by atoms with Crippen LogP contribution in [0.4, 0.5) is 0 Å². The Morgan fingerprint density at radius 2 is 1.97 bits per heavy atom. The predicted octanol–water partition coefficient (Wildman–Crippen LogP) is 4.69. The number of aryl methyl sites for hydroxylation is 1. The van der Waals surface area contributed by atoms with E-state index in [0.717, 1.165) is 51.4 Å². The summed E-state index contributed by atoms with van der Waals surface area (Å²) in [6, 6.07) is 8.40. The van der Waals surface area contributed by atoms with Crippen LogP contribution in [0.3, 0.4) is 0 Å². The summed E-state index contributed by atoms with van der Waals surface area (Å²) >= 11 is 12.1. The summed E-state index contributed by atoms with van der Waals surface area (Å²) in [6.07, 6.45) is 6.89. The fraction of sp³-hybridized carbons (Fsp3) is 0.455. The predicted molar refractivity (Wildman–Crippen MR) is 137 cm³/mol. The van der Waals surface area contributed by atoms with Gasteiger partial charge in [-0.1, -0.05) is 29.3 Å². The summed E-state index contributed by atoms with van der Waals surface area (Å²) in [5, 5.41) is 8.23. The molecule has 1 aromatic carbocycles. The number of halogens is 3. The number of benzene rings is 1. The minimum absolute atomic E-state index is 0. The van der Waals surface area contributed by atoms with Gasteiger partial charge in [0.25, 0.3) is 0 Å². The molecule has 1 fully saturated rings. The molecule has 2 N–H and O–H groups in total. The molecule has 30 heavy (non-hydrogen) atoms. The van der Waals surface area contributed by atoms with Crippen molar-refractivity contribution in [2.45, 2.75) is 38.8 Å². The average molecular weight is 562 g/mol.